The molecule has 0 bridgehead atoms. The number of rotatable bonds is 11. The number of aryl methyl sites for hydroxylation is 2. The molecule has 0 aliphatic heterocycles. The maximum atomic E-state index is 13.7. The minimum atomic E-state index is -1.42. The normalized spacial score (nSPS) is 12.5. The zero-order valence-corrected chi connectivity index (χ0v) is 21.7. The number of benzene rings is 1. The summed E-state index contributed by atoms with van der Waals surface area (Å²) in [7, 11) is 1.18. The van der Waals surface area contributed by atoms with Gasteiger partial charge in [0.05, 0.1) is 13.5 Å². The van der Waals surface area contributed by atoms with Gasteiger partial charge in [0.25, 0.3) is 0 Å². The second-order valence-corrected chi connectivity index (χ2v) is 9.21. The van der Waals surface area contributed by atoms with Crippen molar-refractivity contribution >= 4 is 29.8 Å². The van der Waals surface area contributed by atoms with Crippen LogP contribution in [0.15, 0.2) is 30.9 Å². The predicted molar refractivity (Wildman–Crippen MR) is 133 cm³/mol. The van der Waals surface area contributed by atoms with Crippen molar-refractivity contribution in [3.63, 3.8) is 0 Å². The Morgan fingerprint density at radius 3 is 2.33 bits per heavy atom. The highest BCUT2D eigenvalue weighted by molar-refractivity contribution is 5.95. The molecule has 198 valence electrons. The van der Waals surface area contributed by atoms with E-state index in [4.69, 9.17) is 10.5 Å². The molecule has 4 amide bonds. The van der Waals surface area contributed by atoms with Gasteiger partial charge in [0.15, 0.2) is 0 Å². The van der Waals surface area contributed by atoms with Crippen LogP contribution in [0.5, 0.6) is 0 Å². The van der Waals surface area contributed by atoms with Crippen molar-refractivity contribution in [1.29, 1.82) is 0 Å². The van der Waals surface area contributed by atoms with E-state index in [0.29, 0.717) is 11.1 Å². The zero-order valence-electron chi connectivity index (χ0n) is 21.7. The number of hydrogen-bond donors (Lipinski definition) is 3. The van der Waals surface area contributed by atoms with Gasteiger partial charge in [-0.05, 0) is 45.7 Å². The number of esters is 1. The van der Waals surface area contributed by atoms with Gasteiger partial charge in [-0.1, -0.05) is 29.8 Å². The molecular weight excluding hydrogens is 468 g/mol. The molecule has 2 unspecified atom stereocenters. The molecule has 0 fully saturated rings. The Bertz CT molecular complexity index is 1000. The molecule has 0 aromatic heterocycles. The van der Waals surface area contributed by atoms with Crippen molar-refractivity contribution in [3.05, 3.63) is 47.5 Å². The number of nitrogens with zero attached hydrogens (tertiary/aromatic N) is 1. The van der Waals surface area contributed by atoms with E-state index in [1.54, 1.807) is 39.8 Å². The molecule has 1 rings (SSSR count). The van der Waals surface area contributed by atoms with Crippen LogP contribution >= 0.6 is 0 Å². The summed E-state index contributed by atoms with van der Waals surface area (Å²) < 4.78 is 9.81. The van der Waals surface area contributed by atoms with E-state index in [9.17, 15) is 24.0 Å². The first-order chi connectivity index (χ1) is 16.7. The van der Waals surface area contributed by atoms with Gasteiger partial charge >= 0.3 is 12.1 Å². The van der Waals surface area contributed by atoms with Gasteiger partial charge in [-0.15, -0.1) is 6.58 Å². The highest BCUT2D eigenvalue weighted by Gasteiger charge is 2.37. The lowest BCUT2D eigenvalue weighted by Gasteiger charge is -2.34. The third-order valence-electron chi connectivity index (χ3n) is 4.93. The van der Waals surface area contributed by atoms with E-state index in [1.807, 2.05) is 13.0 Å². The van der Waals surface area contributed by atoms with E-state index < -0.39 is 60.4 Å². The third-order valence-corrected chi connectivity index (χ3v) is 4.93. The van der Waals surface area contributed by atoms with Crippen LogP contribution in [0.2, 0.25) is 0 Å². The smallest absolute Gasteiger partial charge is 0.408 e. The summed E-state index contributed by atoms with van der Waals surface area (Å²) in [4.78, 5) is 64.0. The molecule has 0 spiro atoms. The van der Waals surface area contributed by atoms with E-state index in [1.165, 1.54) is 13.2 Å². The lowest BCUT2D eigenvalue weighted by molar-refractivity contribution is -0.144. The molecule has 4 N–H and O–H groups in total. The summed E-state index contributed by atoms with van der Waals surface area (Å²) in [5.41, 5.74) is 6.50. The SMILES string of the molecule is C=CCN(C(=O)C(CC(N)=O)NC(=O)OC(C)(C)C)C(C(=O)NCC(=O)OC)c1cc(C)ccc1C. The standard InChI is InChI=1S/C25H36N4O7/c1-8-11-29(23(33)18(13-19(26)30)28-24(34)36-25(4,5)6)21(22(32)27-14-20(31)35-7)17-12-15(2)9-10-16(17)3/h8-10,12,18,21H,1,11,13-14H2,2-7H3,(H2,26,30)(H,27,32)(H,28,34). The van der Waals surface area contributed by atoms with Gasteiger partial charge in [0.1, 0.15) is 24.2 Å². The molecule has 1 aromatic carbocycles. The number of carbonyl (C=O) groups excluding carboxylic acids is 5. The Hall–Kier alpha value is -3.89. The highest BCUT2D eigenvalue weighted by Crippen LogP contribution is 2.27. The Balaban J connectivity index is 3.52. The lowest BCUT2D eigenvalue weighted by atomic mass is 9.96. The third kappa shape index (κ3) is 9.40. The molecule has 11 nitrogen and oxygen atoms in total. The second kappa shape index (κ2) is 13.3. The minimum absolute atomic E-state index is 0.117. The first-order valence-electron chi connectivity index (χ1n) is 11.3. The van der Waals surface area contributed by atoms with Crippen molar-refractivity contribution in [2.45, 2.75) is 58.7 Å². The molecule has 11 heteroatoms. The maximum Gasteiger partial charge on any atom is 0.408 e. The van der Waals surface area contributed by atoms with Crippen molar-refractivity contribution < 1.29 is 33.4 Å². The number of amides is 4. The number of hydrogen-bond acceptors (Lipinski definition) is 7. The molecule has 0 aliphatic rings. The topological polar surface area (TPSA) is 157 Å². The summed E-state index contributed by atoms with van der Waals surface area (Å²) in [6.07, 6.45) is -0.0629. The van der Waals surface area contributed by atoms with E-state index in [-0.39, 0.29) is 6.54 Å². The van der Waals surface area contributed by atoms with Crippen LogP contribution in [-0.4, -0.2) is 66.5 Å². The molecular formula is C25H36N4O7. The minimum Gasteiger partial charge on any atom is -0.468 e. The van der Waals surface area contributed by atoms with Crippen LogP contribution < -0.4 is 16.4 Å². The number of alkyl carbamates (subject to hydrolysis) is 1. The van der Waals surface area contributed by atoms with Crippen molar-refractivity contribution in [2.24, 2.45) is 5.73 Å². The van der Waals surface area contributed by atoms with Gasteiger partial charge in [0, 0.05) is 6.54 Å². The second-order valence-electron chi connectivity index (χ2n) is 9.21. The molecule has 0 saturated carbocycles. The van der Waals surface area contributed by atoms with E-state index >= 15 is 0 Å². The largest absolute Gasteiger partial charge is 0.468 e. The van der Waals surface area contributed by atoms with Crippen molar-refractivity contribution in [2.75, 3.05) is 20.2 Å². The number of primary amides is 1. The van der Waals surface area contributed by atoms with Crippen LogP contribution in [0.4, 0.5) is 4.79 Å². The Kier molecular flexibility index (Phi) is 11.1. The quantitative estimate of drug-likeness (QED) is 0.304. The van der Waals surface area contributed by atoms with Gasteiger partial charge in [0.2, 0.25) is 17.7 Å². The highest BCUT2D eigenvalue weighted by atomic mass is 16.6. The molecule has 0 radical (unpaired) electrons. The molecule has 36 heavy (non-hydrogen) atoms. The first-order valence-corrected chi connectivity index (χ1v) is 11.3. The average Bonchev–Trinajstić information content (AvgIpc) is 2.76. The summed E-state index contributed by atoms with van der Waals surface area (Å²) in [6, 6.07) is 2.74. The average molecular weight is 505 g/mol. The maximum absolute atomic E-state index is 13.7. The van der Waals surface area contributed by atoms with Crippen LogP contribution in [0.25, 0.3) is 0 Å². The van der Waals surface area contributed by atoms with Crippen LogP contribution in [0.3, 0.4) is 0 Å². The fourth-order valence-corrected chi connectivity index (χ4v) is 3.35. The van der Waals surface area contributed by atoms with Crippen LogP contribution in [-0.2, 0) is 28.7 Å². The summed E-state index contributed by atoms with van der Waals surface area (Å²) >= 11 is 0. The van der Waals surface area contributed by atoms with Gasteiger partial charge in [-0.2, -0.15) is 0 Å². The first kappa shape index (κ1) is 30.1. The number of nitrogens with two attached hydrogens (primary N) is 1. The number of carbonyl (C=O) groups is 5. The lowest BCUT2D eigenvalue weighted by Crippen LogP contribution is -2.54. The fourth-order valence-electron chi connectivity index (χ4n) is 3.35. The summed E-state index contributed by atoms with van der Waals surface area (Å²) in [5, 5.41) is 4.86. The molecule has 2 atom stereocenters. The van der Waals surface area contributed by atoms with Gasteiger partial charge < -0.3 is 30.7 Å². The summed E-state index contributed by atoms with van der Waals surface area (Å²) in [6.45, 7) is 11.7. The van der Waals surface area contributed by atoms with Crippen molar-refractivity contribution in [3.8, 4) is 0 Å². The predicted octanol–water partition coefficient (Wildman–Crippen LogP) is 1.42. The molecule has 0 heterocycles. The summed E-state index contributed by atoms with van der Waals surface area (Å²) in [5.74, 6) is -2.96. The van der Waals surface area contributed by atoms with Crippen molar-refractivity contribution in [1.82, 2.24) is 15.5 Å². The fraction of sp³-hybridized carbons (Fsp3) is 0.480. The molecule has 0 aliphatic carbocycles. The van der Waals surface area contributed by atoms with Gasteiger partial charge in [-0.25, -0.2) is 4.79 Å². The van der Waals surface area contributed by atoms with Gasteiger partial charge in [-0.3, -0.25) is 19.2 Å². The van der Waals surface area contributed by atoms with Crippen LogP contribution in [0.1, 0.15) is 49.9 Å². The zero-order chi connectivity index (χ0) is 27.6. The van der Waals surface area contributed by atoms with Crippen LogP contribution in [0, 0.1) is 13.8 Å². The number of ether oxygens (including phenoxy) is 2. The van der Waals surface area contributed by atoms with E-state index in [2.05, 4.69) is 21.9 Å². The Morgan fingerprint density at radius 1 is 1.17 bits per heavy atom. The monoisotopic (exact) mass is 504 g/mol. The molecule has 0 saturated heterocycles. The van der Waals surface area contributed by atoms with E-state index in [0.717, 1.165) is 10.5 Å². The molecule has 1 aromatic rings. The Morgan fingerprint density at radius 2 is 1.81 bits per heavy atom. The number of methoxy groups -OCH3 is 1. The number of nitrogens with one attached hydrogen (secondary N) is 2. The Labute approximate surface area is 211 Å².